The summed E-state index contributed by atoms with van der Waals surface area (Å²) in [6, 6.07) is 7.22. The van der Waals surface area contributed by atoms with Crippen LogP contribution >= 0.6 is 11.6 Å². The first-order chi connectivity index (χ1) is 6.16. The SMILES string of the molecule is Cc1ccccc1C(=CCl)C(=O)O. The molecule has 0 heterocycles. The van der Waals surface area contributed by atoms with E-state index in [0.29, 0.717) is 5.56 Å². The molecular weight excluding hydrogens is 188 g/mol. The average Bonchev–Trinajstić information content (AvgIpc) is 2.09. The van der Waals surface area contributed by atoms with Gasteiger partial charge in [0.1, 0.15) is 0 Å². The van der Waals surface area contributed by atoms with Gasteiger partial charge in [-0.3, -0.25) is 0 Å². The minimum Gasteiger partial charge on any atom is -0.478 e. The summed E-state index contributed by atoms with van der Waals surface area (Å²) >= 11 is 5.43. The molecule has 0 bridgehead atoms. The lowest BCUT2D eigenvalue weighted by Crippen LogP contribution is -2.00. The number of halogens is 1. The van der Waals surface area contributed by atoms with Crippen LogP contribution in [-0.2, 0) is 4.79 Å². The summed E-state index contributed by atoms with van der Waals surface area (Å²) in [5.41, 5.74) is 2.77. The average molecular weight is 197 g/mol. The predicted octanol–water partition coefficient (Wildman–Crippen LogP) is 2.66. The summed E-state index contributed by atoms with van der Waals surface area (Å²) in [5, 5.41) is 8.80. The molecule has 0 radical (unpaired) electrons. The molecule has 3 heteroatoms. The van der Waals surface area contributed by atoms with Crippen molar-refractivity contribution in [2.75, 3.05) is 0 Å². The molecular formula is C10H9ClO2. The summed E-state index contributed by atoms with van der Waals surface area (Å²) < 4.78 is 0. The van der Waals surface area contributed by atoms with Gasteiger partial charge in [-0.2, -0.15) is 0 Å². The zero-order valence-electron chi connectivity index (χ0n) is 7.12. The van der Waals surface area contributed by atoms with Crippen molar-refractivity contribution in [1.29, 1.82) is 0 Å². The third kappa shape index (κ3) is 2.10. The predicted molar refractivity (Wildman–Crippen MR) is 52.6 cm³/mol. The minimum absolute atomic E-state index is 0.125. The standard InChI is InChI=1S/C10H9ClO2/c1-7-4-2-3-5-8(7)9(6-11)10(12)13/h2-6H,1H3,(H,12,13). The van der Waals surface area contributed by atoms with Crippen LogP contribution in [0.3, 0.4) is 0 Å². The molecule has 0 fully saturated rings. The van der Waals surface area contributed by atoms with Crippen LogP contribution < -0.4 is 0 Å². The smallest absolute Gasteiger partial charge is 0.337 e. The summed E-state index contributed by atoms with van der Waals surface area (Å²) in [5.74, 6) is -1.01. The molecule has 0 spiro atoms. The molecule has 1 rings (SSSR count). The number of benzene rings is 1. The van der Waals surface area contributed by atoms with E-state index in [-0.39, 0.29) is 5.57 Å². The fourth-order valence-electron chi connectivity index (χ4n) is 1.10. The molecule has 0 aromatic heterocycles. The van der Waals surface area contributed by atoms with Gasteiger partial charge in [0.15, 0.2) is 0 Å². The van der Waals surface area contributed by atoms with E-state index in [4.69, 9.17) is 16.7 Å². The number of hydrogen-bond acceptors (Lipinski definition) is 1. The van der Waals surface area contributed by atoms with Crippen molar-refractivity contribution in [3.63, 3.8) is 0 Å². The van der Waals surface area contributed by atoms with Gasteiger partial charge in [-0.15, -0.1) is 0 Å². The Hall–Kier alpha value is -1.28. The van der Waals surface area contributed by atoms with E-state index in [0.717, 1.165) is 11.1 Å². The maximum absolute atomic E-state index is 10.7. The topological polar surface area (TPSA) is 37.3 Å². The van der Waals surface area contributed by atoms with Crippen molar-refractivity contribution in [3.05, 3.63) is 40.9 Å². The highest BCUT2D eigenvalue weighted by atomic mass is 35.5. The third-order valence-electron chi connectivity index (χ3n) is 1.77. The van der Waals surface area contributed by atoms with Crippen molar-refractivity contribution >= 4 is 23.1 Å². The van der Waals surface area contributed by atoms with Crippen molar-refractivity contribution in [2.24, 2.45) is 0 Å². The molecule has 1 aromatic carbocycles. The van der Waals surface area contributed by atoms with Crippen LogP contribution in [0.5, 0.6) is 0 Å². The number of rotatable bonds is 2. The van der Waals surface area contributed by atoms with Crippen LogP contribution in [-0.4, -0.2) is 11.1 Å². The van der Waals surface area contributed by atoms with E-state index in [1.54, 1.807) is 12.1 Å². The summed E-state index contributed by atoms with van der Waals surface area (Å²) in [4.78, 5) is 10.7. The van der Waals surface area contributed by atoms with Crippen LogP contribution in [0.25, 0.3) is 5.57 Å². The zero-order chi connectivity index (χ0) is 9.84. The van der Waals surface area contributed by atoms with Gasteiger partial charge in [0.2, 0.25) is 0 Å². The Bertz CT molecular complexity index is 356. The quantitative estimate of drug-likeness (QED) is 0.739. The van der Waals surface area contributed by atoms with Gasteiger partial charge in [-0.1, -0.05) is 35.9 Å². The van der Waals surface area contributed by atoms with Crippen LogP contribution in [0.4, 0.5) is 0 Å². The lowest BCUT2D eigenvalue weighted by Gasteiger charge is -2.04. The Morgan fingerprint density at radius 3 is 2.54 bits per heavy atom. The first-order valence-electron chi connectivity index (χ1n) is 3.76. The lowest BCUT2D eigenvalue weighted by atomic mass is 10.0. The molecule has 1 aromatic rings. The number of aliphatic carboxylic acids is 1. The fraction of sp³-hybridized carbons (Fsp3) is 0.100. The van der Waals surface area contributed by atoms with Crippen LogP contribution in [0, 0.1) is 6.92 Å². The first kappa shape index (κ1) is 9.81. The summed E-state index contributed by atoms with van der Waals surface area (Å²) in [6.07, 6.45) is 0. The maximum atomic E-state index is 10.7. The number of carboxylic acid groups (broad SMARTS) is 1. The highest BCUT2D eigenvalue weighted by Gasteiger charge is 2.10. The van der Waals surface area contributed by atoms with Gasteiger partial charge in [0.05, 0.1) is 5.57 Å². The molecule has 1 N–H and O–H groups in total. The van der Waals surface area contributed by atoms with Crippen LogP contribution in [0.2, 0.25) is 0 Å². The van der Waals surface area contributed by atoms with Crippen LogP contribution in [0.15, 0.2) is 29.8 Å². The van der Waals surface area contributed by atoms with E-state index >= 15 is 0 Å². The normalized spacial score (nSPS) is 11.4. The fourth-order valence-corrected chi connectivity index (χ4v) is 1.31. The summed E-state index contributed by atoms with van der Waals surface area (Å²) in [7, 11) is 0. The number of carbonyl (C=O) groups is 1. The van der Waals surface area contributed by atoms with E-state index in [9.17, 15) is 4.79 Å². The first-order valence-corrected chi connectivity index (χ1v) is 4.20. The van der Waals surface area contributed by atoms with Gasteiger partial charge in [0, 0.05) is 5.54 Å². The second kappa shape index (κ2) is 4.10. The molecule has 0 aliphatic carbocycles. The molecule has 0 atom stereocenters. The van der Waals surface area contributed by atoms with E-state index in [1.165, 1.54) is 0 Å². The zero-order valence-corrected chi connectivity index (χ0v) is 7.88. The number of hydrogen-bond donors (Lipinski definition) is 1. The molecule has 0 saturated heterocycles. The molecule has 0 aliphatic heterocycles. The lowest BCUT2D eigenvalue weighted by molar-refractivity contribution is -0.130. The Balaban J connectivity index is 3.21. The highest BCUT2D eigenvalue weighted by molar-refractivity contribution is 6.34. The van der Waals surface area contributed by atoms with Crippen LogP contribution in [0.1, 0.15) is 11.1 Å². The largest absolute Gasteiger partial charge is 0.478 e. The Morgan fingerprint density at radius 1 is 1.46 bits per heavy atom. The van der Waals surface area contributed by atoms with E-state index < -0.39 is 5.97 Å². The molecule has 2 nitrogen and oxygen atoms in total. The van der Waals surface area contributed by atoms with E-state index in [1.807, 2.05) is 19.1 Å². The molecule has 0 unspecified atom stereocenters. The molecule has 0 saturated carbocycles. The monoisotopic (exact) mass is 196 g/mol. The number of carboxylic acids is 1. The van der Waals surface area contributed by atoms with E-state index in [2.05, 4.69) is 0 Å². The molecule has 13 heavy (non-hydrogen) atoms. The number of aryl methyl sites for hydroxylation is 1. The van der Waals surface area contributed by atoms with Gasteiger partial charge in [-0.25, -0.2) is 4.79 Å². The van der Waals surface area contributed by atoms with Gasteiger partial charge < -0.3 is 5.11 Å². The van der Waals surface area contributed by atoms with Gasteiger partial charge >= 0.3 is 5.97 Å². The Kier molecular flexibility index (Phi) is 3.09. The summed E-state index contributed by atoms with van der Waals surface area (Å²) in [6.45, 7) is 1.85. The van der Waals surface area contributed by atoms with Gasteiger partial charge in [0.25, 0.3) is 0 Å². The Morgan fingerprint density at radius 2 is 2.08 bits per heavy atom. The molecule has 0 aliphatic rings. The maximum Gasteiger partial charge on any atom is 0.337 e. The molecule has 0 amide bonds. The second-order valence-electron chi connectivity index (χ2n) is 2.64. The second-order valence-corrected chi connectivity index (χ2v) is 2.86. The van der Waals surface area contributed by atoms with Gasteiger partial charge in [-0.05, 0) is 18.1 Å². The van der Waals surface area contributed by atoms with Crippen molar-refractivity contribution < 1.29 is 9.90 Å². The Labute approximate surface area is 81.5 Å². The highest BCUT2D eigenvalue weighted by Crippen LogP contribution is 2.19. The molecule has 68 valence electrons. The third-order valence-corrected chi connectivity index (χ3v) is 1.99. The minimum atomic E-state index is -1.01. The van der Waals surface area contributed by atoms with Crippen molar-refractivity contribution in [2.45, 2.75) is 6.92 Å². The van der Waals surface area contributed by atoms with Crippen molar-refractivity contribution in [1.82, 2.24) is 0 Å². The van der Waals surface area contributed by atoms with Crippen molar-refractivity contribution in [3.8, 4) is 0 Å².